The fourth-order valence-electron chi connectivity index (χ4n) is 5.24. The molecular weight excluding hydrogens is 420 g/mol. The smallest absolute Gasteiger partial charge is 0.00871 e. The predicted molar refractivity (Wildman–Crippen MR) is 159 cm³/mol. The molecule has 196 valence electrons. The van der Waals surface area contributed by atoms with Crippen LogP contribution in [0, 0.1) is 0 Å². The molecule has 0 saturated carbocycles. The molecule has 2 aromatic rings. The van der Waals surface area contributed by atoms with Crippen molar-refractivity contribution in [2.24, 2.45) is 0 Å². The highest BCUT2D eigenvalue weighted by Crippen LogP contribution is 2.44. The van der Waals surface area contributed by atoms with E-state index in [9.17, 15) is 0 Å². The standard InChI is InChI=1S/C35H56/c1-17-27(23-18-25(31(2,3)4)22-26(19-23)32(5,6)7)24-20-28(33(8,9)10)30(35(14,15)16)29(21-24)34(11,12)13/h18-22,27H,17H2,1-16H3. The molecule has 0 aliphatic rings. The van der Waals surface area contributed by atoms with Gasteiger partial charge in [-0.15, -0.1) is 0 Å². The fourth-order valence-corrected chi connectivity index (χ4v) is 5.24. The molecule has 0 fully saturated rings. The minimum absolute atomic E-state index is 0.0841. The maximum Gasteiger partial charge on any atom is 0.00871 e. The molecule has 0 aliphatic heterocycles. The van der Waals surface area contributed by atoms with Gasteiger partial charge in [0.2, 0.25) is 0 Å². The molecule has 1 unspecified atom stereocenters. The number of hydrogen-bond acceptors (Lipinski definition) is 0. The summed E-state index contributed by atoms with van der Waals surface area (Å²) >= 11 is 0. The van der Waals surface area contributed by atoms with E-state index in [-0.39, 0.29) is 27.1 Å². The molecule has 0 N–H and O–H groups in total. The first-order valence-corrected chi connectivity index (χ1v) is 13.8. The van der Waals surface area contributed by atoms with Crippen LogP contribution in [0.4, 0.5) is 0 Å². The molecule has 35 heavy (non-hydrogen) atoms. The zero-order valence-electron chi connectivity index (χ0n) is 26.2. The van der Waals surface area contributed by atoms with E-state index in [1.807, 2.05) is 0 Å². The largest absolute Gasteiger partial charge is 0.0645 e. The summed E-state index contributed by atoms with van der Waals surface area (Å²) in [6, 6.07) is 12.6. The molecule has 2 aromatic carbocycles. The monoisotopic (exact) mass is 476 g/mol. The third-order valence-electron chi connectivity index (χ3n) is 7.43. The zero-order chi connectivity index (χ0) is 27.4. The number of benzene rings is 2. The van der Waals surface area contributed by atoms with Gasteiger partial charge in [0.05, 0.1) is 0 Å². The lowest BCUT2D eigenvalue weighted by molar-refractivity contribution is 0.495. The van der Waals surface area contributed by atoms with Crippen LogP contribution < -0.4 is 0 Å². The Balaban J connectivity index is 2.96. The number of rotatable bonds is 3. The van der Waals surface area contributed by atoms with Gasteiger partial charge in [0.1, 0.15) is 0 Å². The van der Waals surface area contributed by atoms with Crippen LogP contribution in [0.1, 0.15) is 162 Å². The van der Waals surface area contributed by atoms with Gasteiger partial charge in [-0.3, -0.25) is 0 Å². The van der Waals surface area contributed by atoms with Crippen molar-refractivity contribution in [2.45, 2.75) is 150 Å². The van der Waals surface area contributed by atoms with Crippen molar-refractivity contribution < 1.29 is 0 Å². The van der Waals surface area contributed by atoms with E-state index in [4.69, 9.17) is 0 Å². The van der Waals surface area contributed by atoms with Crippen LogP contribution >= 0.6 is 0 Å². The Morgan fingerprint density at radius 3 is 1.06 bits per heavy atom. The predicted octanol–water partition coefficient (Wildman–Crippen LogP) is 10.7. The fraction of sp³-hybridized carbons (Fsp3) is 0.657. The summed E-state index contributed by atoms with van der Waals surface area (Å²) in [6.07, 6.45) is 1.10. The molecule has 0 bridgehead atoms. The lowest BCUT2D eigenvalue weighted by Crippen LogP contribution is -2.29. The Morgan fingerprint density at radius 1 is 0.457 bits per heavy atom. The first kappa shape index (κ1) is 29.7. The quantitative estimate of drug-likeness (QED) is 0.413. The van der Waals surface area contributed by atoms with Gasteiger partial charge in [0.15, 0.2) is 0 Å². The van der Waals surface area contributed by atoms with Crippen LogP contribution in [0.3, 0.4) is 0 Å². The molecule has 0 saturated heterocycles. The summed E-state index contributed by atoms with van der Waals surface area (Å²) in [6.45, 7) is 37.8. The van der Waals surface area contributed by atoms with Gasteiger partial charge in [-0.25, -0.2) is 0 Å². The first-order chi connectivity index (χ1) is 15.5. The van der Waals surface area contributed by atoms with Gasteiger partial charge in [-0.2, -0.15) is 0 Å². The van der Waals surface area contributed by atoms with E-state index in [1.165, 1.54) is 38.9 Å². The van der Waals surface area contributed by atoms with Crippen LogP contribution in [-0.4, -0.2) is 0 Å². The third kappa shape index (κ3) is 6.81. The van der Waals surface area contributed by atoms with Gasteiger partial charge in [-0.05, 0) is 72.4 Å². The Kier molecular flexibility index (Phi) is 7.96. The van der Waals surface area contributed by atoms with Crippen molar-refractivity contribution in [1.82, 2.24) is 0 Å². The van der Waals surface area contributed by atoms with Gasteiger partial charge in [0.25, 0.3) is 0 Å². The normalized spacial score (nSPS) is 14.9. The van der Waals surface area contributed by atoms with Crippen LogP contribution in [0.5, 0.6) is 0 Å². The van der Waals surface area contributed by atoms with Gasteiger partial charge < -0.3 is 0 Å². The molecular formula is C35H56. The second-order valence-corrected chi connectivity index (χ2v) is 16.0. The van der Waals surface area contributed by atoms with E-state index < -0.39 is 0 Å². The summed E-state index contributed by atoms with van der Waals surface area (Å²) in [5, 5.41) is 0. The van der Waals surface area contributed by atoms with Crippen molar-refractivity contribution in [3.63, 3.8) is 0 Å². The van der Waals surface area contributed by atoms with Crippen molar-refractivity contribution in [3.05, 3.63) is 69.3 Å². The second-order valence-electron chi connectivity index (χ2n) is 16.0. The molecule has 0 spiro atoms. The van der Waals surface area contributed by atoms with E-state index >= 15 is 0 Å². The summed E-state index contributed by atoms with van der Waals surface area (Å²) in [5.41, 5.74) is 10.9. The van der Waals surface area contributed by atoms with E-state index in [1.54, 1.807) is 0 Å². The maximum absolute atomic E-state index is 2.56. The summed E-state index contributed by atoms with van der Waals surface area (Å²) in [4.78, 5) is 0. The Labute approximate surface area is 219 Å². The van der Waals surface area contributed by atoms with Crippen molar-refractivity contribution >= 4 is 0 Å². The maximum atomic E-state index is 2.56. The second kappa shape index (κ2) is 9.39. The van der Waals surface area contributed by atoms with E-state index in [0.29, 0.717) is 5.92 Å². The Morgan fingerprint density at radius 2 is 0.800 bits per heavy atom. The molecule has 0 heterocycles. The molecule has 2 rings (SSSR count). The number of hydrogen-bond donors (Lipinski definition) is 0. The van der Waals surface area contributed by atoms with Gasteiger partial charge >= 0.3 is 0 Å². The summed E-state index contributed by atoms with van der Waals surface area (Å²) < 4.78 is 0. The molecule has 0 aliphatic carbocycles. The SMILES string of the molecule is CCC(c1cc(C(C)(C)C)cc(C(C)(C)C)c1)c1cc(C(C)(C)C)c(C(C)(C)C)c(C(C)(C)C)c1. The topological polar surface area (TPSA) is 0 Å². The van der Waals surface area contributed by atoms with E-state index in [0.717, 1.165) is 6.42 Å². The molecule has 0 radical (unpaired) electrons. The lowest BCUT2D eigenvalue weighted by atomic mass is 9.67. The Bertz CT molecular complexity index is 961. The minimum Gasteiger partial charge on any atom is -0.0645 e. The molecule has 1 atom stereocenters. The van der Waals surface area contributed by atoms with Crippen LogP contribution in [-0.2, 0) is 27.1 Å². The minimum atomic E-state index is 0.0841. The van der Waals surface area contributed by atoms with Crippen LogP contribution in [0.2, 0.25) is 0 Å². The van der Waals surface area contributed by atoms with Crippen molar-refractivity contribution in [3.8, 4) is 0 Å². The van der Waals surface area contributed by atoms with Gasteiger partial charge in [-0.1, -0.05) is 141 Å². The molecule has 0 heteroatoms. The lowest BCUT2D eigenvalue weighted by Gasteiger charge is -2.38. The molecule has 0 amide bonds. The highest BCUT2D eigenvalue weighted by atomic mass is 14.4. The highest BCUT2D eigenvalue weighted by molar-refractivity contribution is 5.52. The van der Waals surface area contributed by atoms with Crippen LogP contribution in [0.15, 0.2) is 30.3 Å². The van der Waals surface area contributed by atoms with Crippen molar-refractivity contribution in [2.75, 3.05) is 0 Å². The molecule has 0 aromatic heterocycles. The summed E-state index contributed by atoms with van der Waals surface area (Å²) in [7, 11) is 0. The van der Waals surface area contributed by atoms with Crippen LogP contribution in [0.25, 0.3) is 0 Å². The van der Waals surface area contributed by atoms with E-state index in [2.05, 4.69) is 141 Å². The average Bonchev–Trinajstić information content (AvgIpc) is 2.64. The third-order valence-corrected chi connectivity index (χ3v) is 7.43. The average molecular weight is 477 g/mol. The molecule has 0 nitrogen and oxygen atoms in total. The highest BCUT2D eigenvalue weighted by Gasteiger charge is 2.33. The zero-order valence-corrected chi connectivity index (χ0v) is 26.2. The van der Waals surface area contributed by atoms with Gasteiger partial charge in [0, 0.05) is 5.92 Å². The Hall–Kier alpha value is -1.56. The first-order valence-electron chi connectivity index (χ1n) is 13.8. The van der Waals surface area contributed by atoms with Crippen molar-refractivity contribution in [1.29, 1.82) is 0 Å². The summed E-state index contributed by atoms with van der Waals surface area (Å²) in [5.74, 6) is 0.384.